The van der Waals surface area contributed by atoms with Crippen LogP contribution in [-0.4, -0.2) is 32.0 Å². The van der Waals surface area contributed by atoms with Crippen LogP contribution in [0, 0.1) is 0 Å². The van der Waals surface area contributed by atoms with E-state index in [0.29, 0.717) is 31.5 Å². The molecule has 0 bridgehead atoms. The van der Waals surface area contributed by atoms with E-state index >= 15 is 0 Å². The third-order valence-corrected chi connectivity index (χ3v) is 3.25. The van der Waals surface area contributed by atoms with Crippen molar-refractivity contribution in [1.82, 2.24) is 0 Å². The van der Waals surface area contributed by atoms with Gasteiger partial charge in [0.1, 0.15) is 37.4 Å². The highest BCUT2D eigenvalue weighted by molar-refractivity contribution is 5.31. The lowest BCUT2D eigenvalue weighted by Gasteiger charge is -2.18. The van der Waals surface area contributed by atoms with E-state index < -0.39 is 0 Å². The molecule has 1 aromatic carbocycles. The highest BCUT2D eigenvalue weighted by atomic mass is 16.7. The maximum atomic E-state index is 5.73. The first-order chi connectivity index (χ1) is 11.1. The second-order valence-corrected chi connectivity index (χ2v) is 5.37. The predicted molar refractivity (Wildman–Crippen MR) is 87.4 cm³/mol. The fraction of sp³-hybridized carbons (Fsp3) is 0.444. The molecule has 0 spiro atoms. The molecule has 1 aliphatic heterocycles. The van der Waals surface area contributed by atoms with Crippen molar-refractivity contribution in [1.29, 1.82) is 0 Å². The minimum atomic E-state index is -0.108. The molecule has 5 nitrogen and oxygen atoms in total. The summed E-state index contributed by atoms with van der Waals surface area (Å²) in [6.45, 7) is 12.6. The van der Waals surface area contributed by atoms with Crippen LogP contribution < -0.4 is 9.47 Å². The van der Waals surface area contributed by atoms with Gasteiger partial charge in [0.05, 0.1) is 5.76 Å². The summed E-state index contributed by atoms with van der Waals surface area (Å²) in [5, 5.41) is 0. The Bertz CT molecular complexity index is 523. The Kier molecular flexibility index (Phi) is 6.20. The van der Waals surface area contributed by atoms with Crippen LogP contribution in [0.15, 0.2) is 49.1 Å². The van der Waals surface area contributed by atoms with Gasteiger partial charge < -0.3 is 23.7 Å². The first-order valence-corrected chi connectivity index (χ1v) is 7.73. The van der Waals surface area contributed by atoms with Gasteiger partial charge in [-0.3, -0.25) is 0 Å². The molecule has 126 valence electrons. The van der Waals surface area contributed by atoms with Gasteiger partial charge >= 0.3 is 0 Å². The van der Waals surface area contributed by atoms with Crippen LogP contribution in [0.25, 0.3) is 0 Å². The summed E-state index contributed by atoms with van der Waals surface area (Å²) in [5.74, 6) is 2.58. The molecular formula is C18H24O5. The minimum absolute atomic E-state index is 0.0102. The molecule has 1 fully saturated rings. The lowest BCUT2D eigenvalue weighted by molar-refractivity contribution is 0.0674. The Morgan fingerprint density at radius 1 is 1.26 bits per heavy atom. The van der Waals surface area contributed by atoms with Crippen molar-refractivity contribution >= 4 is 0 Å². The Balaban J connectivity index is 1.75. The zero-order valence-electron chi connectivity index (χ0n) is 13.7. The number of hydrogen-bond acceptors (Lipinski definition) is 5. The van der Waals surface area contributed by atoms with Crippen LogP contribution in [0.3, 0.4) is 0 Å². The third kappa shape index (κ3) is 5.77. The molecule has 0 radical (unpaired) electrons. The van der Waals surface area contributed by atoms with Crippen molar-refractivity contribution in [2.24, 2.45) is 0 Å². The van der Waals surface area contributed by atoms with Gasteiger partial charge in [0, 0.05) is 0 Å². The van der Waals surface area contributed by atoms with Crippen molar-refractivity contribution in [3.05, 3.63) is 49.1 Å². The van der Waals surface area contributed by atoms with Crippen LogP contribution in [0.5, 0.6) is 11.5 Å². The molecule has 0 aliphatic carbocycles. The number of rotatable bonds is 9. The highest BCUT2D eigenvalue weighted by Gasteiger charge is 2.21. The van der Waals surface area contributed by atoms with E-state index in [1.54, 1.807) is 0 Å². The standard InChI is InChI=1S/C18H24O5/c1-5-15(22-13(2)3)10-20-16-6-8-17(9-7-16)21-12-18-11-19-14(4)23-18/h6-9,15,18H,2,4-5,10-12H2,1,3H3. The molecule has 1 saturated heterocycles. The molecule has 5 heteroatoms. The van der Waals surface area contributed by atoms with E-state index in [1.807, 2.05) is 31.2 Å². The molecule has 1 aromatic rings. The first kappa shape index (κ1) is 17.1. The number of hydrogen-bond donors (Lipinski definition) is 0. The Hall–Kier alpha value is -2.30. The Labute approximate surface area is 137 Å². The van der Waals surface area contributed by atoms with E-state index in [2.05, 4.69) is 20.1 Å². The molecule has 0 aromatic heterocycles. The lowest BCUT2D eigenvalue weighted by atomic mass is 10.3. The topological polar surface area (TPSA) is 46.2 Å². The average molecular weight is 320 g/mol. The molecule has 0 saturated carbocycles. The fourth-order valence-electron chi connectivity index (χ4n) is 2.05. The van der Waals surface area contributed by atoms with Gasteiger partial charge in [-0.15, -0.1) is 0 Å². The third-order valence-electron chi connectivity index (χ3n) is 3.25. The van der Waals surface area contributed by atoms with E-state index in [0.717, 1.165) is 17.9 Å². The summed E-state index contributed by atoms with van der Waals surface area (Å²) in [5.41, 5.74) is 0. The Morgan fingerprint density at radius 3 is 2.43 bits per heavy atom. The number of benzene rings is 1. The molecule has 1 aliphatic rings. The lowest BCUT2D eigenvalue weighted by Crippen LogP contribution is -2.20. The van der Waals surface area contributed by atoms with E-state index in [9.17, 15) is 0 Å². The van der Waals surface area contributed by atoms with Gasteiger partial charge in [0.25, 0.3) is 5.95 Å². The molecule has 0 N–H and O–H groups in total. The van der Waals surface area contributed by atoms with Crippen molar-refractivity contribution in [2.75, 3.05) is 19.8 Å². The zero-order chi connectivity index (χ0) is 16.7. The monoisotopic (exact) mass is 320 g/mol. The van der Waals surface area contributed by atoms with Crippen molar-refractivity contribution in [3.63, 3.8) is 0 Å². The quantitative estimate of drug-likeness (QED) is 0.650. The molecule has 23 heavy (non-hydrogen) atoms. The van der Waals surface area contributed by atoms with Crippen LogP contribution in [0.4, 0.5) is 0 Å². The van der Waals surface area contributed by atoms with Crippen molar-refractivity contribution in [3.8, 4) is 11.5 Å². The van der Waals surface area contributed by atoms with Crippen LogP contribution in [-0.2, 0) is 14.2 Å². The second kappa shape index (κ2) is 8.36. The highest BCUT2D eigenvalue weighted by Crippen LogP contribution is 2.20. The van der Waals surface area contributed by atoms with Crippen molar-refractivity contribution in [2.45, 2.75) is 32.5 Å². The predicted octanol–water partition coefficient (Wildman–Crippen LogP) is 3.66. The van der Waals surface area contributed by atoms with Crippen LogP contribution >= 0.6 is 0 Å². The molecule has 2 rings (SSSR count). The largest absolute Gasteiger partial charge is 0.492 e. The van der Waals surface area contributed by atoms with Gasteiger partial charge in [-0.25, -0.2) is 0 Å². The summed E-state index contributed by atoms with van der Waals surface area (Å²) in [6, 6.07) is 7.46. The average Bonchev–Trinajstić information content (AvgIpc) is 2.95. The molecule has 0 amide bonds. The van der Waals surface area contributed by atoms with Crippen molar-refractivity contribution < 1.29 is 23.7 Å². The van der Waals surface area contributed by atoms with E-state index in [-0.39, 0.29) is 12.2 Å². The van der Waals surface area contributed by atoms with Crippen LogP contribution in [0.2, 0.25) is 0 Å². The maximum absolute atomic E-state index is 5.73. The fourth-order valence-corrected chi connectivity index (χ4v) is 2.05. The van der Waals surface area contributed by atoms with Gasteiger partial charge in [-0.05, 0) is 44.2 Å². The van der Waals surface area contributed by atoms with Crippen LogP contribution in [0.1, 0.15) is 20.3 Å². The molecule has 1 heterocycles. The summed E-state index contributed by atoms with van der Waals surface area (Å²) in [7, 11) is 0. The maximum Gasteiger partial charge on any atom is 0.272 e. The molecule has 2 atom stereocenters. The number of allylic oxidation sites excluding steroid dienone is 1. The van der Waals surface area contributed by atoms with E-state index in [1.165, 1.54) is 0 Å². The summed E-state index contributed by atoms with van der Waals surface area (Å²) in [4.78, 5) is 0. The van der Waals surface area contributed by atoms with Gasteiger partial charge in [0.2, 0.25) is 0 Å². The minimum Gasteiger partial charge on any atom is -0.492 e. The summed E-state index contributed by atoms with van der Waals surface area (Å²) >= 11 is 0. The smallest absolute Gasteiger partial charge is 0.272 e. The zero-order valence-corrected chi connectivity index (χ0v) is 13.7. The molecular weight excluding hydrogens is 296 g/mol. The van der Waals surface area contributed by atoms with Gasteiger partial charge in [-0.2, -0.15) is 0 Å². The first-order valence-electron chi connectivity index (χ1n) is 7.73. The summed E-state index contributed by atoms with van der Waals surface area (Å²) < 4.78 is 27.4. The number of ether oxygens (including phenoxy) is 5. The SMILES string of the molecule is C=C(C)OC(CC)COc1ccc(OCC2COC(=C)O2)cc1. The second-order valence-electron chi connectivity index (χ2n) is 5.37. The normalized spacial score (nSPS) is 17.8. The Morgan fingerprint density at radius 2 is 1.91 bits per heavy atom. The van der Waals surface area contributed by atoms with Gasteiger partial charge in [0.15, 0.2) is 6.10 Å². The van der Waals surface area contributed by atoms with E-state index in [4.69, 9.17) is 23.7 Å². The summed E-state index contributed by atoms with van der Waals surface area (Å²) in [6.07, 6.45) is 0.766. The van der Waals surface area contributed by atoms with Gasteiger partial charge in [-0.1, -0.05) is 13.5 Å². The molecule has 2 unspecified atom stereocenters.